The van der Waals surface area contributed by atoms with Gasteiger partial charge in [-0.3, -0.25) is 4.79 Å². The van der Waals surface area contributed by atoms with Gasteiger partial charge in [-0.2, -0.15) is 18.4 Å². The molecule has 2 aromatic carbocycles. The van der Waals surface area contributed by atoms with Crippen LogP contribution in [0.2, 0.25) is 5.02 Å². The summed E-state index contributed by atoms with van der Waals surface area (Å²) in [4.78, 5) is 35.3. The lowest BCUT2D eigenvalue weighted by Gasteiger charge is -2.21. The third-order valence-electron chi connectivity index (χ3n) is 4.05. The van der Waals surface area contributed by atoms with E-state index in [0.717, 1.165) is 16.0 Å². The molecule has 13 heteroatoms. The van der Waals surface area contributed by atoms with Gasteiger partial charge in [-0.05, 0) is 35.4 Å². The van der Waals surface area contributed by atoms with Crippen molar-refractivity contribution in [2.24, 2.45) is 0 Å². The van der Waals surface area contributed by atoms with Crippen LogP contribution in [0.5, 0.6) is 0 Å². The fraction of sp³-hybridized carbons (Fsp3) is 0.105. The molecular formula is C19H12ClF3N4O5. The molecule has 0 aliphatic rings. The number of carbonyl (C=O) groups excluding carboxylic acids is 2. The third kappa shape index (κ3) is 5.21. The number of H-pyrrole nitrogens is 1. The first-order valence-electron chi connectivity index (χ1n) is 8.65. The van der Waals surface area contributed by atoms with E-state index in [1.807, 2.05) is 5.21 Å². The van der Waals surface area contributed by atoms with E-state index in [4.69, 9.17) is 11.6 Å². The van der Waals surface area contributed by atoms with Crippen molar-refractivity contribution < 1.29 is 37.4 Å². The number of anilines is 2. The fourth-order valence-corrected chi connectivity index (χ4v) is 2.77. The minimum atomic E-state index is -5.40. The van der Waals surface area contributed by atoms with E-state index < -0.39 is 42.1 Å². The average molecular weight is 469 g/mol. The van der Waals surface area contributed by atoms with Crippen molar-refractivity contribution in [3.63, 3.8) is 0 Å². The lowest BCUT2D eigenvalue weighted by molar-refractivity contribution is -0.193. The standard InChI is InChI=1S/C19H12ClF3N4O5/c20-12-5-1-10(2-6-12)11-3-7-13(8-4-11)27(9-14(28)29)16-15(24-26-25-16)17(30)32-18(31)19(21,22)23/h1-8H,9H2,(H,28,29)(H,24,25,26). The van der Waals surface area contributed by atoms with Crippen molar-refractivity contribution in [2.45, 2.75) is 6.18 Å². The fourth-order valence-electron chi connectivity index (χ4n) is 2.64. The van der Waals surface area contributed by atoms with Gasteiger partial charge < -0.3 is 14.7 Å². The molecule has 1 aromatic heterocycles. The number of halogens is 4. The first-order valence-corrected chi connectivity index (χ1v) is 9.03. The maximum Gasteiger partial charge on any atom is 0.491 e. The highest BCUT2D eigenvalue weighted by Crippen LogP contribution is 2.29. The maximum atomic E-state index is 12.4. The Morgan fingerprint density at radius 3 is 2.09 bits per heavy atom. The second-order valence-corrected chi connectivity index (χ2v) is 6.64. The van der Waals surface area contributed by atoms with Crippen LogP contribution in [0.15, 0.2) is 48.5 Å². The normalized spacial score (nSPS) is 11.1. The Balaban J connectivity index is 1.92. The van der Waals surface area contributed by atoms with Crippen LogP contribution < -0.4 is 4.90 Å². The molecule has 0 spiro atoms. The number of nitrogens with one attached hydrogen (secondary N) is 1. The largest absolute Gasteiger partial charge is 0.491 e. The number of aromatic amines is 1. The van der Waals surface area contributed by atoms with Gasteiger partial charge in [0, 0.05) is 10.7 Å². The third-order valence-corrected chi connectivity index (χ3v) is 4.30. The summed E-state index contributed by atoms with van der Waals surface area (Å²) in [7, 11) is 0. The molecule has 32 heavy (non-hydrogen) atoms. The first kappa shape index (κ1) is 22.7. The molecule has 3 rings (SSSR count). The minimum absolute atomic E-state index is 0.232. The number of carbonyl (C=O) groups is 3. The van der Waals surface area contributed by atoms with Crippen LogP contribution >= 0.6 is 11.6 Å². The number of esters is 2. The maximum absolute atomic E-state index is 12.4. The molecule has 0 fully saturated rings. The van der Waals surface area contributed by atoms with E-state index >= 15 is 0 Å². The number of rotatable bonds is 6. The topological polar surface area (TPSA) is 125 Å². The van der Waals surface area contributed by atoms with Crippen LogP contribution in [-0.2, 0) is 14.3 Å². The van der Waals surface area contributed by atoms with Crippen LogP contribution in [-0.4, -0.2) is 51.1 Å². The van der Waals surface area contributed by atoms with E-state index in [9.17, 15) is 32.7 Å². The Hall–Kier alpha value is -3.93. The highest BCUT2D eigenvalue weighted by Gasteiger charge is 2.43. The Labute approximate surface area is 182 Å². The first-order chi connectivity index (χ1) is 15.1. The summed E-state index contributed by atoms with van der Waals surface area (Å²) < 4.78 is 40.9. The SMILES string of the molecule is O=C(O)CN(c1ccc(-c2ccc(Cl)cc2)cc1)c1n[nH]nc1C(=O)OC(=O)C(F)(F)F. The number of nitrogens with zero attached hydrogens (tertiary/aromatic N) is 3. The smallest absolute Gasteiger partial charge is 0.480 e. The number of hydrogen-bond acceptors (Lipinski definition) is 7. The summed E-state index contributed by atoms with van der Waals surface area (Å²) in [6.07, 6.45) is -5.40. The van der Waals surface area contributed by atoms with Gasteiger partial charge in [-0.15, -0.1) is 10.2 Å². The second kappa shape index (κ2) is 9.06. The molecule has 0 saturated carbocycles. The molecule has 0 radical (unpaired) electrons. The number of benzene rings is 2. The number of alkyl halides is 3. The zero-order valence-corrected chi connectivity index (χ0v) is 16.5. The van der Waals surface area contributed by atoms with Crippen LogP contribution in [0.1, 0.15) is 10.5 Å². The van der Waals surface area contributed by atoms with Crippen molar-refractivity contribution in [1.29, 1.82) is 0 Å². The predicted octanol–water partition coefficient (Wildman–Crippen LogP) is 3.59. The molecule has 0 unspecified atom stereocenters. The molecule has 166 valence electrons. The molecular weight excluding hydrogens is 457 g/mol. The number of aliphatic carboxylic acids is 1. The molecule has 0 aliphatic carbocycles. The number of aromatic nitrogens is 3. The molecule has 3 aromatic rings. The Morgan fingerprint density at radius 1 is 1.00 bits per heavy atom. The summed E-state index contributed by atoms with van der Waals surface area (Å²) in [5, 5.41) is 18.9. The van der Waals surface area contributed by atoms with Crippen molar-refractivity contribution in [2.75, 3.05) is 11.4 Å². The summed E-state index contributed by atoms with van der Waals surface area (Å²) in [6, 6.07) is 13.3. The summed E-state index contributed by atoms with van der Waals surface area (Å²) in [5.74, 6) is -6.26. The minimum Gasteiger partial charge on any atom is -0.480 e. The Morgan fingerprint density at radius 2 is 1.56 bits per heavy atom. The van der Waals surface area contributed by atoms with Crippen molar-refractivity contribution in [3.8, 4) is 11.1 Å². The number of hydrogen-bond donors (Lipinski definition) is 2. The molecule has 0 amide bonds. The molecule has 9 nitrogen and oxygen atoms in total. The molecule has 0 atom stereocenters. The van der Waals surface area contributed by atoms with E-state index in [1.54, 1.807) is 36.4 Å². The van der Waals surface area contributed by atoms with E-state index in [1.165, 1.54) is 12.1 Å². The average Bonchev–Trinajstić information content (AvgIpc) is 3.22. The second-order valence-electron chi connectivity index (χ2n) is 6.20. The van der Waals surface area contributed by atoms with Gasteiger partial charge in [0.25, 0.3) is 0 Å². The van der Waals surface area contributed by atoms with Gasteiger partial charge in [0.05, 0.1) is 0 Å². The summed E-state index contributed by atoms with van der Waals surface area (Å²) in [6.45, 7) is -0.722. The predicted molar refractivity (Wildman–Crippen MR) is 104 cm³/mol. The zero-order valence-electron chi connectivity index (χ0n) is 15.8. The molecule has 2 N–H and O–H groups in total. The number of carboxylic acid groups (broad SMARTS) is 1. The zero-order chi connectivity index (χ0) is 23.5. The van der Waals surface area contributed by atoms with Gasteiger partial charge in [0.2, 0.25) is 5.69 Å². The van der Waals surface area contributed by atoms with Crippen molar-refractivity contribution in [1.82, 2.24) is 15.4 Å². The van der Waals surface area contributed by atoms with E-state index in [2.05, 4.69) is 14.9 Å². The van der Waals surface area contributed by atoms with Crippen LogP contribution in [0, 0.1) is 0 Å². The van der Waals surface area contributed by atoms with Crippen molar-refractivity contribution in [3.05, 3.63) is 59.2 Å². The summed E-state index contributed by atoms with van der Waals surface area (Å²) in [5.41, 5.74) is 1.01. The number of carboxylic acids is 1. The molecule has 0 aliphatic heterocycles. The monoisotopic (exact) mass is 468 g/mol. The van der Waals surface area contributed by atoms with Crippen molar-refractivity contribution >= 4 is 41.0 Å². The van der Waals surface area contributed by atoms with Crippen LogP contribution in [0.3, 0.4) is 0 Å². The highest BCUT2D eigenvalue weighted by molar-refractivity contribution is 6.30. The quantitative estimate of drug-likeness (QED) is 0.415. The van der Waals surface area contributed by atoms with Gasteiger partial charge >= 0.3 is 24.1 Å². The Bertz CT molecular complexity index is 1150. The van der Waals surface area contributed by atoms with Crippen LogP contribution in [0.4, 0.5) is 24.7 Å². The van der Waals surface area contributed by atoms with Gasteiger partial charge in [-0.1, -0.05) is 35.9 Å². The van der Waals surface area contributed by atoms with Crippen LogP contribution in [0.25, 0.3) is 11.1 Å². The molecule has 0 bridgehead atoms. The van der Waals surface area contributed by atoms with E-state index in [0.29, 0.717) is 5.02 Å². The highest BCUT2D eigenvalue weighted by atomic mass is 35.5. The Kier molecular flexibility index (Phi) is 6.44. The van der Waals surface area contributed by atoms with Gasteiger partial charge in [0.15, 0.2) is 5.82 Å². The lowest BCUT2D eigenvalue weighted by Crippen LogP contribution is -2.30. The lowest BCUT2D eigenvalue weighted by atomic mass is 10.1. The van der Waals surface area contributed by atoms with E-state index in [-0.39, 0.29) is 5.69 Å². The molecule has 0 saturated heterocycles. The van der Waals surface area contributed by atoms with Gasteiger partial charge in [-0.25, -0.2) is 9.59 Å². The molecule has 1 heterocycles. The number of ether oxygens (including phenoxy) is 1. The van der Waals surface area contributed by atoms with Gasteiger partial charge in [0.1, 0.15) is 6.54 Å². The summed E-state index contributed by atoms with van der Waals surface area (Å²) >= 11 is 5.87.